The van der Waals surface area contributed by atoms with Crippen molar-refractivity contribution in [2.24, 2.45) is 5.73 Å². The number of hydrogen-bond donors (Lipinski definition) is 1. The van der Waals surface area contributed by atoms with Gasteiger partial charge in [0.2, 0.25) is 0 Å². The number of rotatable bonds is 5. The van der Waals surface area contributed by atoms with Crippen LogP contribution in [0.4, 0.5) is 0 Å². The van der Waals surface area contributed by atoms with E-state index >= 15 is 0 Å². The molecular formula is C15H21N3. The van der Waals surface area contributed by atoms with Crippen LogP contribution in [-0.2, 0) is 6.54 Å². The Morgan fingerprint density at radius 1 is 1.28 bits per heavy atom. The van der Waals surface area contributed by atoms with Gasteiger partial charge in [-0.2, -0.15) is 0 Å². The number of nitrogens with zero attached hydrogens (tertiary/aromatic N) is 2. The summed E-state index contributed by atoms with van der Waals surface area (Å²) in [6.07, 6.45) is 1.83. The maximum absolute atomic E-state index is 5.66. The highest BCUT2D eigenvalue weighted by Crippen LogP contribution is 2.15. The van der Waals surface area contributed by atoms with Gasteiger partial charge in [0.1, 0.15) is 0 Å². The molecule has 0 atom stereocenters. The number of pyridine rings is 1. The SMILES string of the molecule is CC(C)N(CCN)Cc1ccc2ncccc2c1. The lowest BCUT2D eigenvalue weighted by atomic mass is 10.1. The van der Waals surface area contributed by atoms with Gasteiger partial charge in [0, 0.05) is 37.3 Å². The van der Waals surface area contributed by atoms with Gasteiger partial charge in [-0.3, -0.25) is 9.88 Å². The van der Waals surface area contributed by atoms with Crippen molar-refractivity contribution in [1.29, 1.82) is 0 Å². The fraction of sp³-hybridized carbons (Fsp3) is 0.400. The normalized spacial score (nSPS) is 11.6. The van der Waals surface area contributed by atoms with E-state index in [9.17, 15) is 0 Å². The summed E-state index contributed by atoms with van der Waals surface area (Å²) in [7, 11) is 0. The van der Waals surface area contributed by atoms with Crippen LogP contribution >= 0.6 is 0 Å². The van der Waals surface area contributed by atoms with E-state index < -0.39 is 0 Å². The second-order valence-corrected chi connectivity index (χ2v) is 4.88. The molecule has 0 fully saturated rings. The topological polar surface area (TPSA) is 42.1 Å². The molecule has 0 unspecified atom stereocenters. The summed E-state index contributed by atoms with van der Waals surface area (Å²) in [5, 5.41) is 1.20. The van der Waals surface area contributed by atoms with Gasteiger partial charge in [-0.05, 0) is 37.6 Å². The van der Waals surface area contributed by atoms with Gasteiger partial charge in [0.25, 0.3) is 0 Å². The first-order valence-electron chi connectivity index (χ1n) is 6.48. The van der Waals surface area contributed by atoms with Gasteiger partial charge in [-0.15, -0.1) is 0 Å². The molecule has 2 aromatic rings. The minimum absolute atomic E-state index is 0.512. The van der Waals surface area contributed by atoms with Crippen molar-refractivity contribution in [3.63, 3.8) is 0 Å². The smallest absolute Gasteiger partial charge is 0.0702 e. The molecular weight excluding hydrogens is 222 g/mol. The molecule has 0 bridgehead atoms. The molecule has 2 rings (SSSR count). The molecule has 96 valence electrons. The van der Waals surface area contributed by atoms with Crippen molar-refractivity contribution in [3.05, 3.63) is 42.1 Å². The van der Waals surface area contributed by atoms with Crippen LogP contribution in [0, 0.1) is 0 Å². The molecule has 1 aromatic carbocycles. The molecule has 3 nitrogen and oxygen atoms in total. The van der Waals surface area contributed by atoms with E-state index in [4.69, 9.17) is 5.73 Å². The standard InChI is InChI=1S/C15H21N3/c1-12(2)18(9-7-16)11-13-5-6-15-14(10-13)4-3-8-17-15/h3-6,8,10,12H,7,9,11,16H2,1-2H3. The highest BCUT2D eigenvalue weighted by Gasteiger charge is 2.09. The highest BCUT2D eigenvalue weighted by molar-refractivity contribution is 5.78. The zero-order chi connectivity index (χ0) is 13.0. The maximum Gasteiger partial charge on any atom is 0.0702 e. The summed E-state index contributed by atoms with van der Waals surface area (Å²) < 4.78 is 0. The van der Waals surface area contributed by atoms with Crippen molar-refractivity contribution >= 4 is 10.9 Å². The quantitative estimate of drug-likeness (QED) is 0.877. The summed E-state index contributed by atoms with van der Waals surface area (Å²) in [6.45, 7) is 6.99. The predicted octanol–water partition coefficient (Wildman–Crippen LogP) is 2.40. The molecule has 0 aliphatic heterocycles. The van der Waals surface area contributed by atoms with Gasteiger partial charge >= 0.3 is 0 Å². The summed E-state index contributed by atoms with van der Waals surface area (Å²) >= 11 is 0. The van der Waals surface area contributed by atoms with E-state index in [1.165, 1.54) is 10.9 Å². The lowest BCUT2D eigenvalue weighted by Gasteiger charge is -2.25. The lowest BCUT2D eigenvalue weighted by molar-refractivity contribution is 0.219. The highest BCUT2D eigenvalue weighted by atomic mass is 15.1. The molecule has 0 spiro atoms. The molecule has 0 radical (unpaired) electrons. The minimum Gasteiger partial charge on any atom is -0.329 e. The van der Waals surface area contributed by atoms with Crippen LogP contribution in [0.3, 0.4) is 0 Å². The zero-order valence-corrected chi connectivity index (χ0v) is 11.1. The van der Waals surface area contributed by atoms with E-state index in [0.717, 1.165) is 18.6 Å². The zero-order valence-electron chi connectivity index (χ0n) is 11.1. The first-order chi connectivity index (χ1) is 8.70. The van der Waals surface area contributed by atoms with Gasteiger partial charge in [-0.1, -0.05) is 12.1 Å². The molecule has 0 aliphatic rings. The number of nitrogens with two attached hydrogens (primary N) is 1. The number of hydrogen-bond acceptors (Lipinski definition) is 3. The molecule has 0 amide bonds. The molecule has 2 N–H and O–H groups in total. The first kappa shape index (κ1) is 13.0. The Balaban J connectivity index is 2.20. The van der Waals surface area contributed by atoms with Crippen LogP contribution in [0.15, 0.2) is 36.5 Å². The van der Waals surface area contributed by atoms with E-state index in [2.05, 4.69) is 48.0 Å². The van der Waals surface area contributed by atoms with Gasteiger partial charge in [0.05, 0.1) is 5.52 Å². The van der Waals surface area contributed by atoms with Crippen molar-refractivity contribution < 1.29 is 0 Å². The Morgan fingerprint density at radius 2 is 2.11 bits per heavy atom. The number of fused-ring (bicyclic) bond motifs is 1. The average molecular weight is 243 g/mol. The van der Waals surface area contributed by atoms with Gasteiger partial charge in [-0.25, -0.2) is 0 Å². The Bertz CT molecular complexity index is 508. The van der Waals surface area contributed by atoms with Crippen molar-refractivity contribution in [2.45, 2.75) is 26.4 Å². The Labute approximate surface area is 109 Å². The van der Waals surface area contributed by atoms with E-state index in [-0.39, 0.29) is 0 Å². The average Bonchev–Trinajstić information content (AvgIpc) is 2.38. The molecule has 1 heterocycles. The Kier molecular flexibility index (Phi) is 4.28. The summed E-state index contributed by atoms with van der Waals surface area (Å²) in [4.78, 5) is 6.73. The first-order valence-corrected chi connectivity index (χ1v) is 6.48. The van der Waals surface area contributed by atoms with Crippen LogP contribution in [0.5, 0.6) is 0 Å². The summed E-state index contributed by atoms with van der Waals surface area (Å²) in [6, 6.07) is 11.1. The van der Waals surface area contributed by atoms with Crippen LogP contribution in [0.2, 0.25) is 0 Å². The molecule has 0 aliphatic carbocycles. The predicted molar refractivity (Wildman–Crippen MR) is 76.3 cm³/mol. The lowest BCUT2D eigenvalue weighted by Crippen LogP contribution is -2.34. The number of aromatic nitrogens is 1. The fourth-order valence-corrected chi connectivity index (χ4v) is 2.14. The molecule has 0 saturated heterocycles. The minimum atomic E-state index is 0.512. The third kappa shape index (κ3) is 3.06. The fourth-order valence-electron chi connectivity index (χ4n) is 2.14. The molecule has 3 heteroatoms. The second-order valence-electron chi connectivity index (χ2n) is 4.88. The van der Waals surface area contributed by atoms with Crippen LogP contribution < -0.4 is 5.73 Å². The van der Waals surface area contributed by atoms with Gasteiger partial charge < -0.3 is 5.73 Å². The molecule has 0 saturated carbocycles. The molecule has 1 aromatic heterocycles. The van der Waals surface area contributed by atoms with Crippen molar-refractivity contribution in [1.82, 2.24) is 9.88 Å². The number of benzene rings is 1. The third-order valence-corrected chi connectivity index (χ3v) is 3.20. The molecule has 18 heavy (non-hydrogen) atoms. The van der Waals surface area contributed by atoms with E-state index in [1.807, 2.05) is 12.3 Å². The monoisotopic (exact) mass is 243 g/mol. The van der Waals surface area contributed by atoms with E-state index in [1.54, 1.807) is 0 Å². The Morgan fingerprint density at radius 3 is 2.83 bits per heavy atom. The van der Waals surface area contributed by atoms with Crippen molar-refractivity contribution in [3.8, 4) is 0 Å². The van der Waals surface area contributed by atoms with E-state index in [0.29, 0.717) is 12.6 Å². The Hall–Kier alpha value is -1.45. The third-order valence-electron chi connectivity index (χ3n) is 3.20. The van der Waals surface area contributed by atoms with Gasteiger partial charge in [0.15, 0.2) is 0 Å². The van der Waals surface area contributed by atoms with Crippen LogP contribution in [0.25, 0.3) is 10.9 Å². The van der Waals surface area contributed by atoms with Crippen molar-refractivity contribution in [2.75, 3.05) is 13.1 Å². The summed E-state index contributed by atoms with van der Waals surface area (Å²) in [5.41, 5.74) is 8.03. The van der Waals surface area contributed by atoms with Crippen LogP contribution in [0.1, 0.15) is 19.4 Å². The largest absolute Gasteiger partial charge is 0.329 e. The summed E-state index contributed by atoms with van der Waals surface area (Å²) in [5.74, 6) is 0. The second kappa shape index (κ2) is 5.94. The van der Waals surface area contributed by atoms with Crippen LogP contribution in [-0.4, -0.2) is 29.0 Å². The maximum atomic E-state index is 5.66.